The molecule has 2 fully saturated rings. The molecule has 2 saturated heterocycles. The Balaban J connectivity index is 1.27. The fraction of sp³-hybridized carbons (Fsp3) is 0.333. The van der Waals surface area contributed by atoms with Crippen LogP contribution in [-0.2, 0) is 19.5 Å². The van der Waals surface area contributed by atoms with E-state index in [1.54, 1.807) is 35.0 Å². The number of anilines is 1. The molecule has 0 spiro atoms. The maximum absolute atomic E-state index is 12.5. The van der Waals surface area contributed by atoms with Crippen LogP contribution in [0, 0.1) is 0 Å². The summed E-state index contributed by atoms with van der Waals surface area (Å²) in [5, 5.41) is 7.02. The average molecular weight is 451 g/mol. The average Bonchev–Trinajstić information content (AvgIpc) is 3.50. The first-order chi connectivity index (χ1) is 14.1. The first-order valence-corrected chi connectivity index (χ1v) is 12.3. The standard InChI is InChI=1S/C18H18N4O4S3/c23-29(24,15-4-2-8-28-15)22-13-10-26-16-12(9-25-17(13)16)21-18-19-6-5-11(20-18)14-3-1-7-27-14/h1-8,12-13,16-17,22H,9-10H2,(H,19,20,21). The Kier molecular flexibility index (Phi) is 5.10. The Morgan fingerprint density at radius 3 is 2.52 bits per heavy atom. The van der Waals surface area contributed by atoms with Crippen molar-refractivity contribution in [2.45, 2.75) is 28.5 Å². The van der Waals surface area contributed by atoms with E-state index in [1.807, 2.05) is 23.6 Å². The Morgan fingerprint density at radius 1 is 1.00 bits per heavy atom. The Hall–Kier alpha value is -1.89. The summed E-state index contributed by atoms with van der Waals surface area (Å²) < 4.78 is 39.8. The maximum Gasteiger partial charge on any atom is 0.250 e. The molecule has 0 saturated carbocycles. The molecule has 2 N–H and O–H groups in total. The van der Waals surface area contributed by atoms with Gasteiger partial charge in [0.25, 0.3) is 0 Å². The zero-order valence-electron chi connectivity index (χ0n) is 15.1. The molecule has 0 aliphatic carbocycles. The van der Waals surface area contributed by atoms with Crippen molar-refractivity contribution in [3.63, 3.8) is 0 Å². The lowest BCUT2D eigenvalue weighted by atomic mass is 10.1. The topological polar surface area (TPSA) is 102 Å². The van der Waals surface area contributed by atoms with Crippen LogP contribution < -0.4 is 10.0 Å². The van der Waals surface area contributed by atoms with E-state index in [4.69, 9.17) is 9.47 Å². The number of ether oxygens (including phenoxy) is 2. The van der Waals surface area contributed by atoms with Gasteiger partial charge >= 0.3 is 0 Å². The molecule has 3 aromatic heterocycles. The summed E-state index contributed by atoms with van der Waals surface area (Å²) in [6.45, 7) is 0.646. The summed E-state index contributed by atoms with van der Waals surface area (Å²) in [5.41, 5.74) is 0.849. The van der Waals surface area contributed by atoms with Crippen LogP contribution in [0.5, 0.6) is 0 Å². The molecular weight excluding hydrogens is 432 g/mol. The molecule has 2 aliphatic heterocycles. The second-order valence-corrected chi connectivity index (χ2v) is 10.6. The van der Waals surface area contributed by atoms with E-state index in [0.717, 1.165) is 10.6 Å². The summed E-state index contributed by atoms with van der Waals surface area (Å²) in [4.78, 5) is 9.94. The van der Waals surface area contributed by atoms with E-state index >= 15 is 0 Å². The van der Waals surface area contributed by atoms with Crippen molar-refractivity contribution in [3.8, 4) is 10.6 Å². The van der Waals surface area contributed by atoms with E-state index in [0.29, 0.717) is 12.6 Å². The van der Waals surface area contributed by atoms with Gasteiger partial charge in [-0.3, -0.25) is 0 Å². The molecule has 5 rings (SSSR count). The minimum atomic E-state index is -3.58. The van der Waals surface area contributed by atoms with Crippen LogP contribution in [0.25, 0.3) is 10.6 Å². The zero-order chi connectivity index (χ0) is 19.8. The lowest BCUT2D eigenvalue weighted by Crippen LogP contribution is -2.44. The van der Waals surface area contributed by atoms with Gasteiger partial charge in [0, 0.05) is 6.20 Å². The van der Waals surface area contributed by atoms with Crippen molar-refractivity contribution in [1.82, 2.24) is 14.7 Å². The maximum atomic E-state index is 12.5. The molecule has 8 nitrogen and oxygen atoms in total. The van der Waals surface area contributed by atoms with E-state index in [-0.39, 0.29) is 29.1 Å². The largest absolute Gasteiger partial charge is 0.371 e. The summed E-state index contributed by atoms with van der Waals surface area (Å²) in [6.07, 6.45) is 1.08. The normalized spacial score (nSPS) is 26.5. The van der Waals surface area contributed by atoms with Crippen molar-refractivity contribution >= 4 is 38.6 Å². The molecule has 0 aromatic carbocycles. The number of thiophene rings is 2. The van der Waals surface area contributed by atoms with Crippen molar-refractivity contribution in [2.75, 3.05) is 18.5 Å². The number of hydrogen-bond donors (Lipinski definition) is 2. The lowest BCUT2D eigenvalue weighted by molar-refractivity contribution is 0.0690. The second-order valence-electron chi connectivity index (χ2n) is 6.75. The quantitative estimate of drug-likeness (QED) is 0.593. The van der Waals surface area contributed by atoms with Crippen molar-refractivity contribution in [3.05, 3.63) is 47.3 Å². The smallest absolute Gasteiger partial charge is 0.250 e. The molecule has 29 heavy (non-hydrogen) atoms. The molecule has 5 heterocycles. The van der Waals surface area contributed by atoms with Crippen LogP contribution in [-0.4, -0.2) is 55.9 Å². The highest BCUT2D eigenvalue weighted by Gasteiger charge is 2.49. The number of nitrogens with zero attached hydrogens (tertiary/aromatic N) is 2. The van der Waals surface area contributed by atoms with E-state index in [1.165, 1.54) is 11.3 Å². The third kappa shape index (κ3) is 3.81. The number of nitrogens with one attached hydrogen (secondary N) is 2. The highest BCUT2D eigenvalue weighted by molar-refractivity contribution is 7.91. The van der Waals surface area contributed by atoms with E-state index in [2.05, 4.69) is 20.0 Å². The van der Waals surface area contributed by atoms with E-state index < -0.39 is 16.1 Å². The number of sulfonamides is 1. The molecular formula is C18H18N4O4S3. The van der Waals surface area contributed by atoms with Crippen LogP contribution >= 0.6 is 22.7 Å². The number of fused-ring (bicyclic) bond motifs is 1. The van der Waals surface area contributed by atoms with Crippen LogP contribution in [0.4, 0.5) is 5.95 Å². The van der Waals surface area contributed by atoms with Gasteiger partial charge in [-0.25, -0.2) is 23.1 Å². The molecule has 2 aliphatic rings. The van der Waals surface area contributed by atoms with Gasteiger partial charge in [-0.15, -0.1) is 22.7 Å². The van der Waals surface area contributed by atoms with Crippen LogP contribution in [0.2, 0.25) is 0 Å². The Labute approximate surface area is 176 Å². The van der Waals surface area contributed by atoms with E-state index in [9.17, 15) is 8.42 Å². The van der Waals surface area contributed by atoms with Gasteiger partial charge in [0.1, 0.15) is 16.4 Å². The monoisotopic (exact) mass is 450 g/mol. The summed E-state index contributed by atoms with van der Waals surface area (Å²) in [6, 6.07) is 8.56. The SMILES string of the molecule is O=S(=O)(NC1COC2C(Nc3nccc(-c4cccs4)n3)COC12)c1cccs1. The first-order valence-electron chi connectivity index (χ1n) is 9.03. The summed E-state index contributed by atoms with van der Waals surface area (Å²) in [7, 11) is -3.58. The van der Waals surface area contributed by atoms with Crippen LogP contribution in [0.15, 0.2) is 51.5 Å². The number of hydrogen-bond acceptors (Lipinski definition) is 9. The van der Waals surface area contributed by atoms with Gasteiger partial charge in [-0.05, 0) is 29.0 Å². The minimum Gasteiger partial charge on any atom is -0.371 e. The van der Waals surface area contributed by atoms with Crippen molar-refractivity contribution in [2.24, 2.45) is 0 Å². The number of aromatic nitrogens is 2. The summed E-state index contributed by atoms with van der Waals surface area (Å²) >= 11 is 2.80. The zero-order valence-corrected chi connectivity index (χ0v) is 17.5. The van der Waals surface area contributed by atoms with Gasteiger partial charge in [0.2, 0.25) is 16.0 Å². The highest BCUT2D eigenvalue weighted by Crippen LogP contribution is 2.30. The van der Waals surface area contributed by atoms with Gasteiger partial charge in [-0.1, -0.05) is 12.1 Å². The summed E-state index contributed by atoms with van der Waals surface area (Å²) in [5.74, 6) is 0.497. The molecule has 152 valence electrons. The third-order valence-electron chi connectivity index (χ3n) is 4.86. The molecule has 11 heteroatoms. The molecule has 0 amide bonds. The minimum absolute atomic E-state index is 0.158. The Bertz CT molecular complexity index is 1070. The fourth-order valence-electron chi connectivity index (χ4n) is 3.55. The number of rotatable bonds is 6. The predicted octanol–water partition coefficient (Wildman–Crippen LogP) is 2.19. The van der Waals surface area contributed by atoms with Crippen LogP contribution in [0.3, 0.4) is 0 Å². The van der Waals surface area contributed by atoms with Gasteiger partial charge in [0.05, 0.1) is 35.9 Å². The predicted molar refractivity (Wildman–Crippen MR) is 111 cm³/mol. The molecule has 3 aromatic rings. The Morgan fingerprint density at radius 2 is 1.76 bits per heavy atom. The molecule has 4 atom stereocenters. The second kappa shape index (κ2) is 7.74. The molecule has 0 bridgehead atoms. The first kappa shape index (κ1) is 19.1. The fourth-order valence-corrected chi connectivity index (χ4v) is 6.49. The van der Waals surface area contributed by atoms with Crippen molar-refractivity contribution < 1.29 is 17.9 Å². The molecule has 0 radical (unpaired) electrons. The van der Waals surface area contributed by atoms with Gasteiger partial charge in [0.15, 0.2) is 0 Å². The lowest BCUT2D eigenvalue weighted by Gasteiger charge is -2.18. The van der Waals surface area contributed by atoms with Gasteiger partial charge < -0.3 is 14.8 Å². The van der Waals surface area contributed by atoms with Crippen molar-refractivity contribution in [1.29, 1.82) is 0 Å². The molecule has 4 unspecified atom stereocenters. The van der Waals surface area contributed by atoms with Gasteiger partial charge in [-0.2, -0.15) is 0 Å². The third-order valence-corrected chi connectivity index (χ3v) is 8.64. The highest BCUT2D eigenvalue weighted by atomic mass is 32.2. The van der Waals surface area contributed by atoms with Crippen LogP contribution in [0.1, 0.15) is 0 Å².